The third kappa shape index (κ3) is 3.73. The highest BCUT2D eigenvalue weighted by atomic mass is 32.2. The van der Waals surface area contributed by atoms with E-state index in [1.807, 2.05) is 72.2 Å². The van der Waals surface area contributed by atoms with Crippen molar-refractivity contribution in [3.63, 3.8) is 0 Å². The smallest absolute Gasteiger partial charge is 0.258 e. The van der Waals surface area contributed by atoms with Crippen molar-refractivity contribution in [1.82, 2.24) is 29.7 Å². The lowest BCUT2D eigenvalue weighted by Crippen LogP contribution is -2.13. The van der Waals surface area contributed by atoms with Gasteiger partial charge in [-0.25, -0.2) is 4.98 Å². The second-order valence-electron chi connectivity index (χ2n) is 6.95. The van der Waals surface area contributed by atoms with Gasteiger partial charge in [0.05, 0.1) is 16.2 Å². The number of para-hydroxylation sites is 2. The van der Waals surface area contributed by atoms with Gasteiger partial charge in [0.2, 0.25) is 0 Å². The number of fused-ring (bicyclic) bond motifs is 1. The number of aromatic amines is 1. The van der Waals surface area contributed by atoms with Gasteiger partial charge in [0.1, 0.15) is 5.82 Å². The number of thioether (sulfide) groups is 1. The third-order valence-electron chi connectivity index (χ3n) is 4.87. The van der Waals surface area contributed by atoms with Crippen molar-refractivity contribution in [2.45, 2.75) is 17.3 Å². The molecular formula is C23H18N6OS. The van der Waals surface area contributed by atoms with Gasteiger partial charge in [-0.15, -0.1) is 10.2 Å². The SMILES string of the molecule is CC(Sc1nnc(-c2cccnc2)n1-c1ccccc1)c1nc2ccccc2c(=O)[nH]1. The van der Waals surface area contributed by atoms with Crippen molar-refractivity contribution < 1.29 is 0 Å². The van der Waals surface area contributed by atoms with Gasteiger partial charge in [0.25, 0.3) is 5.56 Å². The lowest BCUT2D eigenvalue weighted by molar-refractivity contribution is 0.862. The Morgan fingerprint density at radius 2 is 1.77 bits per heavy atom. The number of aromatic nitrogens is 6. The van der Waals surface area contributed by atoms with Gasteiger partial charge in [0.15, 0.2) is 11.0 Å². The highest BCUT2D eigenvalue weighted by molar-refractivity contribution is 7.99. The number of hydrogen-bond acceptors (Lipinski definition) is 6. The van der Waals surface area contributed by atoms with E-state index in [2.05, 4.69) is 25.1 Å². The Hall–Kier alpha value is -3.78. The quantitative estimate of drug-likeness (QED) is 0.419. The summed E-state index contributed by atoms with van der Waals surface area (Å²) >= 11 is 1.49. The fraction of sp³-hybridized carbons (Fsp3) is 0.0870. The second kappa shape index (κ2) is 8.16. The number of nitrogens with one attached hydrogen (secondary N) is 1. The summed E-state index contributed by atoms with van der Waals surface area (Å²) in [5, 5.41) is 10.0. The van der Waals surface area contributed by atoms with E-state index in [-0.39, 0.29) is 10.8 Å². The molecule has 0 amide bonds. The molecule has 7 nitrogen and oxygen atoms in total. The van der Waals surface area contributed by atoms with Crippen LogP contribution in [0, 0.1) is 0 Å². The minimum absolute atomic E-state index is 0.145. The summed E-state index contributed by atoms with van der Waals surface area (Å²) in [5.74, 6) is 1.30. The Morgan fingerprint density at radius 1 is 0.968 bits per heavy atom. The maximum atomic E-state index is 12.5. The Labute approximate surface area is 182 Å². The zero-order valence-electron chi connectivity index (χ0n) is 16.6. The monoisotopic (exact) mass is 426 g/mol. The Kier molecular flexibility index (Phi) is 5.05. The molecule has 0 aliphatic rings. The van der Waals surface area contributed by atoms with Crippen molar-refractivity contribution in [1.29, 1.82) is 0 Å². The number of nitrogens with zero attached hydrogens (tertiary/aromatic N) is 5. The lowest BCUT2D eigenvalue weighted by atomic mass is 10.2. The molecule has 0 saturated carbocycles. The number of H-pyrrole nitrogens is 1. The van der Waals surface area contributed by atoms with Crippen LogP contribution in [0.4, 0.5) is 0 Å². The van der Waals surface area contributed by atoms with Crippen molar-refractivity contribution in [3.8, 4) is 17.1 Å². The summed E-state index contributed by atoms with van der Waals surface area (Å²) < 4.78 is 2.00. The van der Waals surface area contributed by atoms with Crippen LogP contribution in [0.1, 0.15) is 18.0 Å². The average Bonchev–Trinajstić information content (AvgIpc) is 3.23. The molecule has 5 aromatic rings. The molecule has 0 aliphatic carbocycles. The lowest BCUT2D eigenvalue weighted by Gasteiger charge is -2.13. The predicted molar refractivity (Wildman–Crippen MR) is 121 cm³/mol. The third-order valence-corrected chi connectivity index (χ3v) is 5.92. The first-order valence-corrected chi connectivity index (χ1v) is 10.7. The summed E-state index contributed by atoms with van der Waals surface area (Å²) in [4.78, 5) is 24.3. The molecule has 1 unspecified atom stereocenters. The first-order chi connectivity index (χ1) is 15.2. The second-order valence-corrected chi connectivity index (χ2v) is 8.26. The first-order valence-electron chi connectivity index (χ1n) is 9.77. The summed E-state index contributed by atoms with van der Waals surface area (Å²) in [6, 6.07) is 21.1. The maximum absolute atomic E-state index is 12.5. The van der Waals surface area contributed by atoms with Gasteiger partial charge in [-0.05, 0) is 43.3 Å². The highest BCUT2D eigenvalue weighted by Gasteiger charge is 2.20. The van der Waals surface area contributed by atoms with Gasteiger partial charge in [-0.1, -0.05) is 42.1 Å². The van der Waals surface area contributed by atoms with Crippen LogP contribution in [-0.4, -0.2) is 29.7 Å². The zero-order valence-corrected chi connectivity index (χ0v) is 17.5. The van der Waals surface area contributed by atoms with E-state index in [4.69, 9.17) is 0 Å². The molecule has 0 aliphatic heterocycles. The zero-order chi connectivity index (χ0) is 21.2. The molecule has 152 valence electrons. The van der Waals surface area contributed by atoms with Crippen molar-refractivity contribution in [2.75, 3.05) is 0 Å². The van der Waals surface area contributed by atoms with Crippen LogP contribution in [0.5, 0.6) is 0 Å². The van der Waals surface area contributed by atoms with Crippen LogP contribution >= 0.6 is 11.8 Å². The summed E-state index contributed by atoms with van der Waals surface area (Å²) in [5.41, 5.74) is 2.35. The van der Waals surface area contributed by atoms with Crippen molar-refractivity contribution in [3.05, 3.63) is 95.3 Å². The molecule has 8 heteroatoms. The molecule has 3 aromatic heterocycles. The molecule has 5 rings (SSSR count). The standard InChI is InChI=1S/C23H18N6OS/c1-15(20-25-19-12-6-5-11-18(19)22(30)26-20)31-23-28-27-21(16-8-7-13-24-14-16)29(23)17-9-3-2-4-10-17/h2-15H,1H3,(H,25,26,30). The minimum Gasteiger partial charge on any atom is -0.309 e. The van der Waals surface area contributed by atoms with E-state index >= 15 is 0 Å². The van der Waals surface area contributed by atoms with Gasteiger partial charge >= 0.3 is 0 Å². The fourth-order valence-corrected chi connectivity index (χ4v) is 4.27. The summed E-state index contributed by atoms with van der Waals surface area (Å²) in [7, 11) is 0. The average molecular weight is 427 g/mol. The van der Waals surface area contributed by atoms with E-state index in [9.17, 15) is 4.79 Å². The molecule has 31 heavy (non-hydrogen) atoms. The van der Waals surface area contributed by atoms with Gasteiger partial charge < -0.3 is 4.98 Å². The Balaban J connectivity index is 1.57. The van der Waals surface area contributed by atoms with E-state index < -0.39 is 0 Å². The van der Waals surface area contributed by atoms with Crippen molar-refractivity contribution >= 4 is 22.7 Å². The van der Waals surface area contributed by atoms with Crippen LogP contribution < -0.4 is 5.56 Å². The van der Waals surface area contributed by atoms with Crippen LogP contribution in [0.25, 0.3) is 28.0 Å². The van der Waals surface area contributed by atoms with E-state index in [1.165, 1.54) is 11.8 Å². The largest absolute Gasteiger partial charge is 0.309 e. The molecule has 3 heterocycles. The Bertz CT molecular complexity index is 1400. The number of pyridine rings is 1. The molecule has 0 fully saturated rings. The summed E-state index contributed by atoms with van der Waals surface area (Å²) in [6.45, 7) is 1.99. The molecule has 0 bridgehead atoms. The van der Waals surface area contributed by atoms with Gasteiger partial charge in [-0.2, -0.15) is 0 Å². The number of rotatable bonds is 5. The van der Waals surface area contributed by atoms with E-state index in [0.29, 0.717) is 27.7 Å². The Morgan fingerprint density at radius 3 is 2.58 bits per heavy atom. The molecule has 1 atom stereocenters. The molecule has 0 spiro atoms. The molecule has 2 aromatic carbocycles. The molecular weight excluding hydrogens is 408 g/mol. The van der Waals surface area contributed by atoms with Crippen LogP contribution in [0.15, 0.2) is 89.1 Å². The van der Waals surface area contributed by atoms with Gasteiger partial charge in [0, 0.05) is 23.6 Å². The van der Waals surface area contributed by atoms with E-state index in [0.717, 1.165) is 11.3 Å². The first kappa shape index (κ1) is 19.2. The predicted octanol–water partition coefficient (Wildman–Crippen LogP) is 4.42. The number of benzene rings is 2. The van der Waals surface area contributed by atoms with Crippen LogP contribution in [-0.2, 0) is 0 Å². The fourth-order valence-electron chi connectivity index (χ4n) is 3.35. The topological polar surface area (TPSA) is 89.3 Å². The maximum Gasteiger partial charge on any atom is 0.258 e. The number of hydrogen-bond donors (Lipinski definition) is 1. The van der Waals surface area contributed by atoms with Crippen molar-refractivity contribution in [2.24, 2.45) is 0 Å². The molecule has 1 N–H and O–H groups in total. The molecule has 0 radical (unpaired) electrons. The van der Waals surface area contributed by atoms with Crippen LogP contribution in [0.3, 0.4) is 0 Å². The van der Waals surface area contributed by atoms with E-state index in [1.54, 1.807) is 18.5 Å². The normalized spacial score (nSPS) is 12.2. The molecule has 0 saturated heterocycles. The highest BCUT2D eigenvalue weighted by Crippen LogP contribution is 2.35. The summed E-state index contributed by atoms with van der Waals surface area (Å²) in [6.07, 6.45) is 3.50. The van der Waals surface area contributed by atoms with Gasteiger partial charge in [-0.3, -0.25) is 14.3 Å². The van der Waals surface area contributed by atoms with Crippen LogP contribution in [0.2, 0.25) is 0 Å². The minimum atomic E-state index is -0.147.